The predicted molar refractivity (Wildman–Crippen MR) is 155 cm³/mol. The molecular weight excluding hydrogens is 490 g/mol. The van der Waals surface area contributed by atoms with Crippen LogP contribution >= 0.6 is 0 Å². The number of aryl methyl sites for hydroxylation is 2. The lowest BCUT2D eigenvalue weighted by molar-refractivity contribution is -0.117. The summed E-state index contributed by atoms with van der Waals surface area (Å²) in [7, 11) is 5.42. The molecule has 0 aliphatic rings. The van der Waals surface area contributed by atoms with Crippen molar-refractivity contribution in [2.45, 2.75) is 13.8 Å². The van der Waals surface area contributed by atoms with Gasteiger partial charge in [-0.25, -0.2) is 4.98 Å². The fourth-order valence-corrected chi connectivity index (χ4v) is 4.08. The number of ether oxygens (including phenoxy) is 1. The second-order valence-corrected chi connectivity index (χ2v) is 9.83. The molecule has 4 aromatic rings. The second-order valence-electron chi connectivity index (χ2n) is 9.83. The van der Waals surface area contributed by atoms with Crippen LogP contribution in [0.2, 0.25) is 0 Å². The van der Waals surface area contributed by atoms with Crippen molar-refractivity contribution in [2.24, 2.45) is 0 Å². The van der Waals surface area contributed by atoms with E-state index in [-0.39, 0.29) is 18.4 Å². The summed E-state index contributed by atoms with van der Waals surface area (Å²) in [4.78, 5) is 35.0. The first-order chi connectivity index (χ1) is 18.7. The Morgan fingerprint density at radius 1 is 0.923 bits per heavy atom. The molecule has 1 aromatic heterocycles. The Kier molecular flexibility index (Phi) is 8.78. The van der Waals surface area contributed by atoms with Gasteiger partial charge < -0.3 is 14.5 Å². The van der Waals surface area contributed by atoms with Gasteiger partial charge in [0.2, 0.25) is 11.9 Å². The zero-order valence-electron chi connectivity index (χ0n) is 23.1. The lowest BCUT2D eigenvalue weighted by Crippen LogP contribution is -2.41. The van der Waals surface area contributed by atoms with Crippen LogP contribution in [0.1, 0.15) is 21.5 Å². The molecule has 0 bridgehead atoms. The van der Waals surface area contributed by atoms with E-state index >= 15 is 0 Å². The summed E-state index contributed by atoms with van der Waals surface area (Å²) in [5.74, 6) is 0.398. The molecule has 0 aliphatic heterocycles. The highest BCUT2D eigenvalue weighted by Gasteiger charge is 2.21. The van der Waals surface area contributed by atoms with Gasteiger partial charge in [-0.15, -0.1) is 0 Å². The van der Waals surface area contributed by atoms with Crippen LogP contribution in [0.3, 0.4) is 0 Å². The van der Waals surface area contributed by atoms with Gasteiger partial charge in [0.05, 0.1) is 12.8 Å². The summed E-state index contributed by atoms with van der Waals surface area (Å²) in [5, 5.41) is 2.95. The maximum absolute atomic E-state index is 13.4. The third kappa shape index (κ3) is 7.12. The monoisotopic (exact) mass is 525 g/mol. The smallest absolute Gasteiger partial charge is 0.254 e. The Hall–Kier alpha value is -4.43. The van der Waals surface area contributed by atoms with Crippen LogP contribution in [-0.4, -0.2) is 72.0 Å². The van der Waals surface area contributed by atoms with E-state index in [1.165, 1.54) is 0 Å². The van der Waals surface area contributed by atoms with E-state index in [1.54, 1.807) is 36.3 Å². The fourth-order valence-electron chi connectivity index (χ4n) is 4.08. The number of likely N-dealkylation sites (N-methyl/N-ethyl adjacent to an activating group) is 1. The van der Waals surface area contributed by atoms with Gasteiger partial charge in [-0.1, -0.05) is 53.6 Å². The maximum atomic E-state index is 13.4. The largest absolute Gasteiger partial charge is 0.497 e. The first-order valence-corrected chi connectivity index (χ1v) is 12.8. The molecule has 1 N–H and O–H groups in total. The molecule has 39 heavy (non-hydrogen) atoms. The molecule has 3 aromatic carbocycles. The minimum absolute atomic E-state index is 0.121. The highest BCUT2D eigenvalue weighted by atomic mass is 16.5. The van der Waals surface area contributed by atoms with Gasteiger partial charge in [-0.05, 0) is 58.3 Å². The van der Waals surface area contributed by atoms with E-state index in [1.807, 2.05) is 92.1 Å². The molecule has 0 atom stereocenters. The highest BCUT2D eigenvalue weighted by Crippen LogP contribution is 2.25. The van der Waals surface area contributed by atoms with Crippen LogP contribution < -0.4 is 10.1 Å². The molecule has 0 spiro atoms. The molecule has 0 unspecified atom stereocenters. The Morgan fingerprint density at radius 2 is 1.59 bits per heavy atom. The van der Waals surface area contributed by atoms with Crippen LogP contribution in [0.5, 0.6) is 5.75 Å². The summed E-state index contributed by atoms with van der Waals surface area (Å²) >= 11 is 0. The molecule has 0 aliphatic carbocycles. The average molecular weight is 526 g/mol. The molecular formula is C31H35N5O3. The number of carbonyl (C=O) groups excluding carboxylic acids is 2. The zero-order chi connectivity index (χ0) is 27.9. The Morgan fingerprint density at radius 3 is 2.23 bits per heavy atom. The molecule has 4 rings (SSSR count). The number of anilines is 1. The molecule has 1 heterocycles. The Labute approximate surface area is 229 Å². The number of amides is 2. The number of hydrogen-bond acceptors (Lipinski definition) is 5. The number of benzene rings is 3. The van der Waals surface area contributed by atoms with E-state index in [0.29, 0.717) is 30.4 Å². The van der Waals surface area contributed by atoms with Crippen LogP contribution in [0.4, 0.5) is 5.95 Å². The summed E-state index contributed by atoms with van der Waals surface area (Å²) in [6, 6.07) is 23.1. The van der Waals surface area contributed by atoms with Crippen LogP contribution in [-0.2, 0) is 4.79 Å². The van der Waals surface area contributed by atoms with Crippen molar-refractivity contribution in [3.63, 3.8) is 0 Å². The van der Waals surface area contributed by atoms with E-state index in [9.17, 15) is 9.59 Å². The number of rotatable bonds is 10. The molecule has 0 radical (unpaired) electrons. The topological polar surface area (TPSA) is 79.7 Å². The molecule has 0 saturated heterocycles. The third-order valence-corrected chi connectivity index (χ3v) is 6.37. The summed E-state index contributed by atoms with van der Waals surface area (Å²) in [6.07, 6.45) is 1.91. The van der Waals surface area contributed by atoms with Crippen molar-refractivity contribution in [1.29, 1.82) is 0 Å². The van der Waals surface area contributed by atoms with E-state index < -0.39 is 0 Å². The lowest BCUT2D eigenvalue weighted by Gasteiger charge is -2.24. The van der Waals surface area contributed by atoms with E-state index in [4.69, 9.17) is 9.72 Å². The number of methoxy groups -OCH3 is 1. The normalized spacial score (nSPS) is 10.9. The molecule has 8 heteroatoms. The van der Waals surface area contributed by atoms with Gasteiger partial charge in [0.15, 0.2) is 0 Å². The van der Waals surface area contributed by atoms with E-state index in [2.05, 4.69) is 5.32 Å². The van der Waals surface area contributed by atoms with Crippen molar-refractivity contribution in [3.8, 4) is 22.7 Å². The second kappa shape index (κ2) is 12.4. The number of aromatic nitrogens is 2. The first-order valence-electron chi connectivity index (χ1n) is 12.8. The van der Waals surface area contributed by atoms with Gasteiger partial charge in [0, 0.05) is 36.1 Å². The Balaban J connectivity index is 1.61. The van der Waals surface area contributed by atoms with Gasteiger partial charge in [0.25, 0.3) is 5.91 Å². The molecule has 2 amide bonds. The number of nitrogens with one attached hydrogen (secondary N) is 1. The van der Waals surface area contributed by atoms with Crippen molar-refractivity contribution in [2.75, 3.05) is 46.2 Å². The number of imidazole rings is 1. The summed E-state index contributed by atoms with van der Waals surface area (Å²) in [5.41, 5.74) is 5.31. The minimum atomic E-state index is -0.334. The van der Waals surface area contributed by atoms with Gasteiger partial charge in [0.1, 0.15) is 12.3 Å². The van der Waals surface area contributed by atoms with Crippen LogP contribution in [0.15, 0.2) is 79.0 Å². The van der Waals surface area contributed by atoms with E-state index in [0.717, 1.165) is 28.1 Å². The molecule has 8 nitrogen and oxygen atoms in total. The number of carbonyl (C=O) groups is 2. The van der Waals surface area contributed by atoms with Crippen molar-refractivity contribution < 1.29 is 14.3 Å². The van der Waals surface area contributed by atoms with Crippen molar-refractivity contribution in [1.82, 2.24) is 19.4 Å². The first kappa shape index (κ1) is 27.6. The van der Waals surface area contributed by atoms with Gasteiger partial charge >= 0.3 is 0 Å². The SMILES string of the molecule is COc1cccc(C(=O)N(CCN(C)C)CC(=O)Nc2nc(-c3ccc(C)cc3)cn2-c2ccc(C)cc2)c1. The standard InChI is InChI=1S/C31H35N5O3/c1-22-9-13-24(14-10-22)28-20-36(26-15-11-23(2)12-16-26)31(32-28)33-29(37)21-35(18-17-34(3)4)30(38)25-7-6-8-27(19-25)39-5/h6-16,19-20H,17-18,21H2,1-5H3,(H,32,33,37). The van der Waals surface area contributed by atoms with Crippen molar-refractivity contribution in [3.05, 3.63) is 95.7 Å². The molecule has 0 fully saturated rings. The fraction of sp³-hybridized carbons (Fsp3) is 0.258. The Bertz CT molecular complexity index is 1430. The third-order valence-electron chi connectivity index (χ3n) is 6.37. The lowest BCUT2D eigenvalue weighted by atomic mass is 10.1. The van der Waals surface area contributed by atoms with Gasteiger partial charge in [-0.3, -0.25) is 19.5 Å². The summed E-state index contributed by atoms with van der Waals surface area (Å²) < 4.78 is 7.14. The highest BCUT2D eigenvalue weighted by molar-refractivity contribution is 5.99. The van der Waals surface area contributed by atoms with Crippen molar-refractivity contribution >= 4 is 17.8 Å². The quantitative estimate of drug-likeness (QED) is 0.322. The molecule has 0 saturated carbocycles. The molecule has 202 valence electrons. The minimum Gasteiger partial charge on any atom is -0.497 e. The van der Waals surface area contributed by atoms with Gasteiger partial charge in [-0.2, -0.15) is 0 Å². The number of hydrogen-bond donors (Lipinski definition) is 1. The summed E-state index contributed by atoms with van der Waals surface area (Å²) in [6.45, 7) is 4.94. The van der Waals surface area contributed by atoms with Crippen LogP contribution in [0.25, 0.3) is 16.9 Å². The maximum Gasteiger partial charge on any atom is 0.254 e. The average Bonchev–Trinajstić information content (AvgIpc) is 3.34. The zero-order valence-corrected chi connectivity index (χ0v) is 23.1. The number of nitrogens with zero attached hydrogens (tertiary/aromatic N) is 4. The van der Waals surface area contributed by atoms with Crippen LogP contribution in [0, 0.1) is 13.8 Å². The predicted octanol–water partition coefficient (Wildman–Crippen LogP) is 4.81.